The topological polar surface area (TPSA) is 46.9 Å². The van der Waals surface area contributed by atoms with Gasteiger partial charge < -0.3 is 20.0 Å². The molecule has 4 heteroatoms. The van der Waals surface area contributed by atoms with Crippen LogP contribution in [0.15, 0.2) is 0 Å². The maximum Gasteiger partial charge on any atom is 0.130 e. The minimum Gasteiger partial charge on any atom is -0.377 e. The van der Waals surface area contributed by atoms with E-state index in [-0.39, 0.29) is 11.8 Å². The third kappa shape index (κ3) is 3.33. The molecule has 0 aromatic rings. The number of piperidine rings is 2. The van der Waals surface area contributed by atoms with Crippen molar-refractivity contribution in [2.24, 2.45) is 11.8 Å². The highest BCUT2D eigenvalue weighted by atomic mass is 16.3. The largest absolute Gasteiger partial charge is 0.377 e. The number of rotatable bonds is 0. The van der Waals surface area contributed by atoms with Crippen LogP contribution in [0.4, 0.5) is 0 Å². The lowest BCUT2D eigenvalue weighted by Gasteiger charge is -2.44. The Morgan fingerprint density at radius 3 is 1.41 bits per heavy atom. The predicted molar refractivity (Wildman–Crippen MR) is 89.4 cm³/mol. The van der Waals surface area contributed by atoms with E-state index in [1.807, 2.05) is 13.8 Å². The zero-order valence-corrected chi connectivity index (χ0v) is 14.9. The molecule has 0 aromatic heterocycles. The van der Waals surface area contributed by atoms with Crippen LogP contribution >= 0.6 is 0 Å². The van der Waals surface area contributed by atoms with E-state index < -0.39 is 11.2 Å². The Balaban J connectivity index is 2.20. The van der Waals surface area contributed by atoms with E-state index in [0.29, 0.717) is 24.9 Å². The molecule has 0 radical (unpaired) electrons. The molecule has 6 atom stereocenters. The van der Waals surface area contributed by atoms with Gasteiger partial charge in [0.2, 0.25) is 0 Å². The first-order chi connectivity index (χ1) is 10.1. The second kappa shape index (κ2) is 6.13. The Morgan fingerprint density at radius 2 is 1.09 bits per heavy atom. The van der Waals surface area contributed by atoms with Crippen molar-refractivity contribution in [2.75, 3.05) is 27.2 Å². The number of hydrogen-bond donors (Lipinski definition) is 2. The van der Waals surface area contributed by atoms with Gasteiger partial charge in [-0.25, -0.2) is 0 Å². The zero-order valence-electron chi connectivity index (χ0n) is 14.9. The standard InChI is InChI=1S/C18H32N2O2/c1-13-11-19(5)15(3)9-17(13,21)7-8-18(22)10-16(4)20(6)12-14(18)2/h13-16,21-22H,9-12H2,1-6H3/t13-,14+,15-,16+,17-,18-/m0/s1. The maximum atomic E-state index is 11.0. The molecule has 2 heterocycles. The summed E-state index contributed by atoms with van der Waals surface area (Å²) >= 11 is 0. The highest BCUT2D eigenvalue weighted by Gasteiger charge is 2.43. The Bertz CT molecular complexity index is 431. The van der Waals surface area contributed by atoms with E-state index in [4.69, 9.17) is 0 Å². The van der Waals surface area contributed by atoms with Crippen LogP contribution in [0.3, 0.4) is 0 Å². The summed E-state index contributed by atoms with van der Waals surface area (Å²) in [5.41, 5.74) is -1.98. The first kappa shape index (κ1) is 17.7. The number of aliphatic hydroxyl groups is 2. The predicted octanol–water partition coefficient (Wildman–Crippen LogP) is 1.17. The average Bonchev–Trinajstić information content (AvgIpc) is 2.42. The smallest absolute Gasteiger partial charge is 0.130 e. The van der Waals surface area contributed by atoms with Crippen LogP contribution in [0.1, 0.15) is 40.5 Å². The highest BCUT2D eigenvalue weighted by Crippen LogP contribution is 2.33. The fourth-order valence-electron chi connectivity index (χ4n) is 3.71. The minimum absolute atomic E-state index is 0.0868. The quantitative estimate of drug-likeness (QED) is 0.660. The molecular formula is C18H32N2O2. The van der Waals surface area contributed by atoms with Gasteiger partial charge >= 0.3 is 0 Å². The summed E-state index contributed by atoms with van der Waals surface area (Å²) < 4.78 is 0. The summed E-state index contributed by atoms with van der Waals surface area (Å²) in [6, 6.07) is 0.609. The van der Waals surface area contributed by atoms with E-state index in [2.05, 4.69) is 49.6 Å². The van der Waals surface area contributed by atoms with E-state index >= 15 is 0 Å². The van der Waals surface area contributed by atoms with E-state index in [9.17, 15) is 10.2 Å². The molecule has 0 unspecified atom stereocenters. The fraction of sp³-hybridized carbons (Fsp3) is 0.889. The lowest BCUT2D eigenvalue weighted by atomic mass is 9.76. The van der Waals surface area contributed by atoms with Crippen molar-refractivity contribution in [3.63, 3.8) is 0 Å². The molecule has 126 valence electrons. The van der Waals surface area contributed by atoms with Crippen LogP contribution in [0.5, 0.6) is 0 Å². The molecule has 2 fully saturated rings. The van der Waals surface area contributed by atoms with E-state index in [1.165, 1.54) is 0 Å². The van der Waals surface area contributed by atoms with Crippen molar-refractivity contribution in [1.82, 2.24) is 9.80 Å². The van der Waals surface area contributed by atoms with Crippen molar-refractivity contribution < 1.29 is 10.2 Å². The minimum atomic E-state index is -0.992. The third-order valence-electron chi connectivity index (χ3n) is 5.97. The molecule has 0 spiro atoms. The first-order valence-corrected chi connectivity index (χ1v) is 8.47. The average molecular weight is 308 g/mol. The maximum absolute atomic E-state index is 11.0. The lowest BCUT2D eigenvalue weighted by Crippen LogP contribution is -2.54. The molecule has 0 saturated carbocycles. The number of nitrogens with zero attached hydrogens (tertiary/aromatic N) is 2. The van der Waals surface area contributed by atoms with Gasteiger partial charge in [-0.05, 0) is 27.9 Å². The molecular weight excluding hydrogens is 276 g/mol. The van der Waals surface area contributed by atoms with Crippen molar-refractivity contribution in [2.45, 2.75) is 63.8 Å². The zero-order chi connectivity index (χ0) is 16.7. The van der Waals surface area contributed by atoms with Gasteiger partial charge in [0.1, 0.15) is 11.2 Å². The molecule has 4 nitrogen and oxygen atoms in total. The molecule has 22 heavy (non-hydrogen) atoms. The van der Waals surface area contributed by atoms with Crippen LogP contribution in [-0.2, 0) is 0 Å². The Morgan fingerprint density at radius 1 is 0.773 bits per heavy atom. The van der Waals surface area contributed by atoms with Crippen LogP contribution in [0.25, 0.3) is 0 Å². The molecule has 0 amide bonds. The van der Waals surface area contributed by atoms with Crippen molar-refractivity contribution >= 4 is 0 Å². The molecule has 0 aliphatic carbocycles. The summed E-state index contributed by atoms with van der Waals surface area (Å²) in [6.45, 7) is 9.99. The second-order valence-electron chi connectivity index (χ2n) is 7.89. The monoisotopic (exact) mass is 308 g/mol. The van der Waals surface area contributed by atoms with Crippen molar-refractivity contribution in [3.05, 3.63) is 0 Å². The Hall–Kier alpha value is -0.600. The molecule has 0 bridgehead atoms. The van der Waals surface area contributed by atoms with Crippen LogP contribution < -0.4 is 0 Å². The van der Waals surface area contributed by atoms with Crippen LogP contribution in [-0.4, -0.2) is 70.5 Å². The van der Waals surface area contributed by atoms with Gasteiger partial charge in [0, 0.05) is 49.9 Å². The Labute approximate surface area is 135 Å². The van der Waals surface area contributed by atoms with Crippen molar-refractivity contribution in [1.29, 1.82) is 0 Å². The van der Waals surface area contributed by atoms with Gasteiger partial charge in [-0.2, -0.15) is 0 Å². The summed E-state index contributed by atoms with van der Waals surface area (Å²) in [7, 11) is 4.17. The molecule has 2 N–H and O–H groups in total. The third-order valence-corrected chi connectivity index (χ3v) is 5.97. The lowest BCUT2D eigenvalue weighted by molar-refractivity contribution is -0.0432. The summed E-state index contributed by atoms with van der Waals surface area (Å²) in [6.07, 6.45) is 1.27. The molecule has 2 aliphatic rings. The van der Waals surface area contributed by atoms with E-state index in [0.717, 1.165) is 13.1 Å². The molecule has 2 rings (SSSR count). The van der Waals surface area contributed by atoms with E-state index in [1.54, 1.807) is 0 Å². The van der Waals surface area contributed by atoms with Gasteiger partial charge in [0.05, 0.1) is 0 Å². The van der Waals surface area contributed by atoms with Gasteiger partial charge in [0.25, 0.3) is 0 Å². The SMILES string of the molecule is C[C@@H]1C[C@@](O)(C#C[C@]2(O)C[C@H](C)N(C)C[C@@H]2C)[C@H](C)CN1C. The Kier molecular flexibility index (Phi) is 4.94. The normalized spacial score (nSPS) is 47.8. The first-order valence-electron chi connectivity index (χ1n) is 8.47. The number of likely N-dealkylation sites (tertiary alicyclic amines) is 2. The molecule has 2 aliphatic heterocycles. The summed E-state index contributed by atoms with van der Waals surface area (Å²) in [5.74, 6) is 6.34. The fourth-order valence-corrected chi connectivity index (χ4v) is 3.71. The van der Waals surface area contributed by atoms with Crippen LogP contribution in [0, 0.1) is 23.7 Å². The van der Waals surface area contributed by atoms with Gasteiger partial charge in [-0.3, -0.25) is 0 Å². The van der Waals surface area contributed by atoms with Gasteiger partial charge in [-0.15, -0.1) is 0 Å². The second-order valence-corrected chi connectivity index (χ2v) is 7.89. The van der Waals surface area contributed by atoms with Crippen molar-refractivity contribution in [3.8, 4) is 11.8 Å². The van der Waals surface area contributed by atoms with Crippen LogP contribution in [0.2, 0.25) is 0 Å². The highest BCUT2D eigenvalue weighted by molar-refractivity contribution is 5.26. The summed E-state index contributed by atoms with van der Waals surface area (Å²) in [4.78, 5) is 4.52. The van der Waals surface area contributed by atoms with Gasteiger partial charge in [-0.1, -0.05) is 25.7 Å². The molecule has 0 aromatic carbocycles. The number of hydrogen-bond acceptors (Lipinski definition) is 4. The summed E-state index contributed by atoms with van der Waals surface area (Å²) in [5, 5.41) is 21.9. The van der Waals surface area contributed by atoms with Gasteiger partial charge in [0.15, 0.2) is 0 Å². The molecule has 2 saturated heterocycles.